The van der Waals surface area contributed by atoms with Crippen molar-refractivity contribution >= 4 is 40.0 Å². The lowest BCUT2D eigenvalue weighted by molar-refractivity contribution is -0.383. The van der Waals surface area contributed by atoms with Gasteiger partial charge in [0.05, 0.1) is 33.6 Å². The van der Waals surface area contributed by atoms with E-state index in [0.29, 0.717) is 17.5 Å². The third kappa shape index (κ3) is 3.27. The average Bonchev–Trinajstić information content (AvgIpc) is 3.54. The fourth-order valence-electron chi connectivity index (χ4n) is 5.78. The van der Waals surface area contributed by atoms with Gasteiger partial charge in [-0.25, -0.2) is 14.1 Å². The molecule has 3 heterocycles. The second kappa shape index (κ2) is 7.97. The van der Waals surface area contributed by atoms with E-state index in [2.05, 4.69) is 0 Å². The molecule has 3 fully saturated rings. The molecule has 38 heavy (non-hydrogen) atoms. The van der Waals surface area contributed by atoms with Crippen LogP contribution in [0.5, 0.6) is 0 Å². The quantitative estimate of drug-likeness (QED) is 0.218. The van der Waals surface area contributed by atoms with Crippen molar-refractivity contribution in [2.24, 2.45) is 0 Å². The number of carbonyl (C=O) groups is 3. The second-order valence-electron chi connectivity index (χ2n) is 9.32. The zero-order valence-corrected chi connectivity index (χ0v) is 19.2. The number of anilines is 1. The van der Waals surface area contributed by atoms with Crippen molar-refractivity contribution in [1.82, 2.24) is 9.80 Å². The Balaban J connectivity index is 1.34. The van der Waals surface area contributed by atoms with Crippen molar-refractivity contribution in [3.05, 3.63) is 81.7 Å². The van der Waals surface area contributed by atoms with Crippen molar-refractivity contribution in [2.45, 2.75) is 30.7 Å². The molecule has 13 heteroatoms. The van der Waals surface area contributed by atoms with Gasteiger partial charge in [-0.15, -0.1) is 0 Å². The summed E-state index contributed by atoms with van der Waals surface area (Å²) in [5.74, 6) is -2.96. The molecule has 2 bridgehead atoms. The van der Waals surface area contributed by atoms with Gasteiger partial charge in [0.15, 0.2) is 0 Å². The monoisotopic (exact) mass is 528 g/mol. The van der Waals surface area contributed by atoms with Crippen LogP contribution in [0.15, 0.2) is 54.6 Å². The highest BCUT2D eigenvalue weighted by Crippen LogP contribution is 2.45. The fourth-order valence-corrected chi connectivity index (χ4v) is 5.78. The van der Waals surface area contributed by atoms with Gasteiger partial charge in [0.25, 0.3) is 17.5 Å². The van der Waals surface area contributed by atoms with Gasteiger partial charge in [0.2, 0.25) is 0 Å². The molecule has 3 atom stereocenters. The number of hydrogen-bond donors (Lipinski definition) is 0. The summed E-state index contributed by atoms with van der Waals surface area (Å²) >= 11 is 0. The summed E-state index contributed by atoms with van der Waals surface area (Å²) in [6.07, 6.45) is -4.74. The Labute approximate surface area is 211 Å². The van der Waals surface area contributed by atoms with E-state index in [1.165, 1.54) is 28.0 Å². The minimum atomic E-state index is -5.00. The summed E-state index contributed by atoms with van der Waals surface area (Å²) in [6.45, 7) is -0.00734. The number of non-ortho nitro benzene ring substituents is 1. The van der Waals surface area contributed by atoms with Crippen LogP contribution in [-0.4, -0.2) is 57.2 Å². The predicted molar refractivity (Wildman–Crippen MR) is 124 cm³/mol. The van der Waals surface area contributed by atoms with Crippen LogP contribution in [0.3, 0.4) is 0 Å². The Hall–Kier alpha value is -4.55. The summed E-state index contributed by atoms with van der Waals surface area (Å²) in [4.78, 5) is 54.6. The first kappa shape index (κ1) is 23.8. The third-order valence-electron chi connectivity index (χ3n) is 7.36. The van der Waals surface area contributed by atoms with Gasteiger partial charge in [-0.05, 0) is 36.8 Å². The summed E-state index contributed by atoms with van der Waals surface area (Å²) in [5.41, 5.74) is -2.00. The zero-order valence-electron chi connectivity index (χ0n) is 19.2. The van der Waals surface area contributed by atoms with E-state index >= 15 is 0 Å². The first-order chi connectivity index (χ1) is 18.0. The highest BCUT2D eigenvalue weighted by molar-refractivity contribution is 6.25. The number of nitro groups is 1. The molecular formula is C25H16F4N4O5. The number of likely N-dealkylation sites (tertiary alicyclic amines) is 1. The maximum absolute atomic E-state index is 13.7. The molecule has 3 aliphatic rings. The number of alkyl halides is 3. The number of fused-ring (bicyclic) bond motifs is 6. The van der Waals surface area contributed by atoms with E-state index in [1.54, 1.807) is 18.2 Å². The number of benzene rings is 3. The molecule has 0 N–H and O–H groups in total. The molecule has 3 aromatic rings. The molecule has 0 radical (unpaired) electrons. The number of imide groups is 1. The topological polar surface area (TPSA) is 104 Å². The molecule has 0 spiro atoms. The van der Waals surface area contributed by atoms with E-state index in [4.69, 9.17) is 0 Å². The summed E-state index contributed by atoms with van der Waals surface area (Å²) in [7, 11) is 0. The van der Waals surface area contributed by atoms with Crippen LogP contribution in [0.25, 0.3) is 10.8 Å². The Morgan fingerprint density at radius 2 is 1.74 bits per heavy atom. The molecule has 3 aliphatic heterocycles. The van der Waals surface area contributed by atoms with Crippen LogP contribution >= 0.6 is 0 Å². The Bertz CT molecular complexity index is 1580. The molecule has 3 unspecified atom stereocenters. The van der Waals surface area contributed by atoms with Gasteiger partial charge in [0.1, 0.15) is 11.9 Å². The van der Waals surface area contributed by atoms with Crippen molar-refractivity contribution in [3.63, 3.8) is 0 Å². The van der Waals surface area contributed by atoms with Crippen molar-refractivity contribution in [2.75, 3.05) is 11.4 Å². The van der Waals surface area contributed by atoms with Gasteiger partial charge in [-0.3, -0.25) is 19.7 Å². The van der Waals surface area contributed by atoms with E-state index < -0.39 is 58.5 Å². The van der Waals surface area contributed by atoms with Crippen molar-refractivity contribution in [3.8, 4) is 0 Å². The number of piperazine rings is 1. The summed E-state index contributed by atoms with van der Waals surface area (Å²) < 4.78 is 53.3. The number of rotatable bonds is 3. The van der Waals surface area contributed by atoms with Crippen LogP contribution in [0.4, 0.5) is 33.7 Å². The Morgan fingerprint density at radius 3 is 2.42 bits per heavy atom. The smallest absolute Gasteiger partial charge is 0.331 e. The fraction of sp³-hybridized carbons (Fsp3) is 0.240. The number of carbonyl (C=O) groups excluding carboxylic acids is 3. The molecule has 0 aliphatic carbocycles. The van der Waals surface area contributed by atoms with Crippen LogP contribution in [0.1, 0.15) is 22.3 Å². The minimum absolute atomic E-state index is 0.00734. The first-order valence-electron chi connectivity index (χ1n) is 11.5. The normalized spacial score (nSPS) is 22.5. The number of halogens is 4. The maximum atomic E-state index is 13.7. The predicted octanol–water partition coefficient (Wildman–Crippen LogP) is 4.34. The lowest BCUT2D eigenvalue weighted by atomic mass is 10.0. The summed E-state index contributed by atoms with van der Waals surface area (Å²) in [6, 6.07) is 7.71. The number of hydrogen-bond acceptors (Lipinski definition) is 5. The van der Waals surface area contributed by atoms with Gasteiger partial charge in [-0.2, -0.15) is 13.2 Å². The van der Waals surface area contributed by atoms with Crippen LogP contribution < -0.4 is 4.90 Å². The first-order valence-corrected chi connectivity index (χ1v) is 11.5. The SMILES string of the molecule is O=C1C2C3CC(CN3C(=O)c3ccc(F)c(C(F)(F)F)c3)N2C(=O)N1c1ccc([N+](=O)[O-])c2ccccc12. The lowest BCUT2D eigenvalue weighted by Gasteiger charge is -2.35. The lowest BCUT2D eigenvalue weighted by Crippen LogP contribution is -2.54. The van der Waals surface area contributed by atoms with E-state index in [-0.39, 0.29) is 35.3 Å². The highest BCUT2D eigenvalue weighted by atomic mass is 19.4. The van der Waals surface area contributed by atoms with Gasteiger partial charge >= 0.3 is 12.2 Å². The molecule has 4 amide bonds. The van der Waals surface area contributed by atoms with Crippen LogP contribution in [0, 0.1) is 15.9 Å². The van der Waals surface area contributed by atoms with Gasteiger partial charge in [0, 0.05) is 23.6 Å². The number of urea groups is 1. The largest absolute Gasteiger partial charge is 0.419 e. The number of nitrogens with zero attached hydrogens (tertiary/aromatic N) is 4. The molecule has 194 valence electrons. The Kier molecular flexibility index (Phi) is 5.00. The molecule has 9 nitrogen and oxygen atoms in total. The van der Waals surface area contributed by atoms with Crippen LogP contribution in [0.2, 0.25) is 0 Å². The Morgan fingerprint density at radius 1 is 1.03 bits per heavy atom. The molecule has 6 rings (SSSR count). The molecule has 0 saturated carbocycles. The molecule has 0 aromatic heterocycles. The van der Waals surface area contributed by atoms with E-state index in [0.717, 1.165) is 11.0 Å². The maximum Gasteiger partial charge on any atom is 0.419 e. The van der Waals surface area contributed by atoms with Crippen LogP contribution in [-0.2, 0) is 11.0 Å². The highest BCUT2D eigenvalue weighted by Gasteiger charge is 2.63. The zero-order chi connectivity index (χ0) is 27.1. The average molecular weight is 528 g/mol. The van der Waals surface area contributed by atoms with E-state index in [9.17, 15) is 42.1 Å². The standard InChI is InChI=1S/C25H16F4N4O5/c26-17-6-5-12(9-16(17)25(27,28)29)22(34)30-11-13-10-20(30)21-23(35)32(24(36)31(13)21)18-7-8-19(33(37)38)15-4-2-1-3-14(15)18/h1-9,13,20-21H,10-11H2. The van der Waals surface area contributed by atoms with E-state index in [1.807, 2.05) is 0 Å². The van der Waals surface area contributed by atoms with Gasteiger partial charge < -0.3 is 9.80 Å². The number of amides is 4. The second-order valence-corrected chi connectivity index (χ2v) is 9.32. The third-order valence-corrected chi connectivity index (χ3v) is 7.36. The number of nitro benzene ring substituents is 1. The van der Waals surface area contributed by atoms with Crippen molar-refractivity contribution < 1.29 is 36.9 Å². The van der Waals surface area contributed by atoms with Crippen molar-refractivity contribution in [1.29, 1.82) is 0 Å². The summed E-state index contributed by atoms with van der Waals surface area (Å²) in [5, 5.41) is 12.0. The molecule has 3 saturated heterocycles. The molecular weight excluding hydrogens is 512 g/mol. The minimum Gasteiger partial charge on any atom is -0.331 e. The molecule has 3 aromatic carbocycles. The van der Waals surface area contributed by atoms with Gasteiger partial charge in [-0.1, -0.05) is 18.2 Å².